The van der Waals surface area contributed by atoms with Crippen LogP contribution in [0.4, 0.5) is 4.79 Å². The minimum Gasteiger partial charge on any atom is -0.508 e. The topological polar surface area (TPSA) is 132 Å². The third kappa shape index (κ3) is 8.25. The van der Waals surface area contributed by atoms with Crippen LogP contribution < -0.4 is 10.6 Å². The van der Waals surface area contributed by atoms with Gasteiger partial charge in [0, 0.05) is 6.04 Å². The Hall–Kier alpha value is -3.28. The largest absolute Gasteiger partial charge is 0.508 e. The van der Waals surface area contributed by atoms with E-state index in [4.69, 9.17) is 4.74 Å². The maximum atomic E-state index is 13.8. The summed E-state index contributed by atoms with van der Waals surface area (Å²) in [5.74, 6) is -1.29. The van der Waals surface area contributed by atoms with Crippen molar-refractivity contribution >= 4 is 17.9 Å². The lowest BCUT2D eigenvalue weighted by molar-refractivity contribution is -0.142. The minimum atomic E-state index is -1.14. The van der Waals surface area contributed by atoms with Gasteiger partial charge in [-0.3, -0.25) is 9.59 Å². The number of nitriles is 1. The number of ether oxygens (including phenoxy) is 1. The number of aryl methyl sites for hydroxylation is 1. The van der Waals surface area contributed by atoms with Crippen molar-refractivity contribution in [3.05, 3.63) is 29.3 Å². The lowest BCUT2D eigenvalue weighted by atomic mass is 9.95. The van der Waals surface area contributed by atoms with Gasteiger partial charge >= 0.3 is 6.09 Å². The third-order valence-electron chi connectivity index (χ3n) is 5.20. The zero-order valence-corrected chi connectivity index (χ0v) is 21.4. The highest BCUT2D eigenvalue weighted by Gasteiger charge is 2.38. The summed E-state index contributed by atoms with van der Waals surface area (Å²) in [7, 11) is 0. The standard InChI is InChI=1S/C25H38N4O5/c1-9-16(4)20(28-24(33)34-25(6,7)8)23(32)29(13-12-26)21(22(31)27-15(2)3)18-10-11-19(30)17(5)14-18/h10-11,14-16,20-21,30H,9,13H2,1-8H3,(H,27,31)(H,28,33). The maximum Gasteiger partial charge on any atom is 0.408 e. The van der Waals surface area contributed by atoms with E-state index in [0.29, 0.717) is 17.5 Å². The molecular weight excluding hydrogens is 436 g/mol. The van der Waals surface area contributed by atoms with E-state index in [-0.39, 0.29) is 24.3 Å². The van der Waals surface area contributed by atoms with E-state index in [2.05, 4.69) is 10.6 Å². The van der Waals surface area contributed by atoms with Crippen LogP contribution in [0.1, 0.15) is 72.1 Å². The van der Waals surface area contributed by atoms with E-state index < -0.39 is 35.6 Å². The first kappa shape index (κ1) is 28.8. The number of aromatic hydroxyl groups is 1. The Balaban J connectivity index is 3.51. The molecule has 0 spiro atoms. The highest BCUT2D eigenvalue weighted by molar-refractivity contribution is 5.92. The maximum absolute atomic E-state index is 13.8. The van der Waals surface area contributed by atoms with Crippen molar-refractivity contribution in [1.29, 1.82) is 5.26 Å². The fraction of sp³-hybridized carbons (Fsp3) is 0.600. The van der Waals surface area contributed by atoms with Crippen molar-refractivity contribution in [3.8, 4) is 11.8 Å². The zero-order valence-electron chi connectivity index (χ0n) is 21.4. The molecule has 3 unspecified atom stereocenters. The summed E-state index contributed by atoms with van der Waals surface area (Å²) >= 11 is 0. The summed E-state index contributed by atoms with van der Waals surface area (Å²) in [6.45, 7) is 13.7. The number of phenolic OH excluding ortho intramolecular Hbond substituents is 1. The first-order valence-corrected chi connectivity index (χ1v) is 11.5. The number of phenols is 1. The molecule has 9 heteroatoms. The summed E-state index contributed by atoms with van der Waals surface area (Å²) in [4.78, 5) is 40.7. The second kappa shape index (κ2) is 12.3. The number of hydrogen-bond donors (Lipinski definition) is 3. The predicted molar refractivity (Wildman–Crippen MR) is 129 cm³/mol. The Morgan fingerprint density at radius 1 is 1.18 bits per heavy atom. The third-order valence-corrected chi connectivity index (χ3v) is 5.20. The number of amides is 3. The Bertz CT molecular complexity index is 917. The van der Waals surface area contributed by atoms with Gasteiger partial charge in [-0.1, -0.05) is 26.3 Å². The Labute approximate surface area is 202 Å². The lowest BCUT2D eigenvalue weighted by Crippen LogP contribution is -2.55. The van der Waals surface area contributed by atoms with Gasteiger partial charge in [-0.15, -0.1) is 0 Å². The molecule has 0 bridgehead atoms. The van der Waals surface area contributed by atoms with Gasteiger partial charge in [-0.2, -0.15) is 5.26 Å². The van der Waals surface area contributed by atoms with E-state index in [1.807, 2.05) is 13.0 Å². The quantitative estimate of drug-likeness (QED) is 0.469. The first-order valence-electron chi connectivity index (χ1n) is 11.5. The van der Waals surface area contributed by atoms with Gasteiger partial charge < -0.3 is 25.4 Å². The highest BCUT2D eigenvalue weighted by Crippen LogP contribution is 2.28. The molecular formula is C25H38N4O5. The molecule has 3 N–H and O–H groups in total. The van der Waals surface area contributed by atoms with Crippen LogP contribution >= 0.6 is 0 Å². The van der Waals surface area contributed by atoms with E-state index in [1.54, 1.807) is 60.6 Å². The van der Waals surface area contributed by atoms with Crippen LogP contribution in [-0.4, -0.2) is 52.1 Å². The molecule has 0 saturated carbocycles. The molecule has 3 amide bonds. The molecule has 0 heterocycles. The van der Waals surface area contributed by atoms with Crippen molar-refractivity contribution in [2.24, 2.45) is 5.92 Å². The lowest BCUT2D eigenvalue weighted by Gasteiger charge is -2.35. The molecule has 1 aromatic carbocycles. The molecule has 0 aliphatic heterocycles. The van der Waals surface area contributed by atoms with Crippen LogP contribution in [0.5, 0.6) is 5.75 Å². The Kier molecular flexibility index (Phi) is 10.4. The van der Waals surface area contributed by atoms with Gasteiger partial charge in [0.1, 0.15) is 30.0 Å². The second-order valence-electron chi connectivity index (χ2n) is 9.75. The van der Waals surface area contributed by atoms with E-state index in [1.165, 1.54) is 6.07 Å². The molecule has 0 saturated heterocycles. The monoisotopic (exact) mass is 474 g/mol. The number of hydrogen-bond acceptors (Lipinski definition) is 6. The number of nitrogens with zero attached hydrogens (tertiary/aromatic N) is 2. The number of carbonyl (C=O) groups is 3. The van der Waals surface area contributed by atoms with Crippen molar-refractivity contribution in [2.75, 3.05) is 6.54 Å². The molecule has 0 fully saturated rings. The van der Waals surface area contributed by atoms with E-state index in [0.717, 1.165) is 4.90 Å². The van der Waals surface area contributed by atoms with Gasteiger partial charge in [0.2, 0.25) is 11.8 Å². The van der Waals surface area contributed by atoms with Crippen LogP contribution in [0, 0.1) is 24.2 Å². The normalized spacial score (nSPS) is 13.9. The van der Waals surface area contributed by atoms with Crippen LogP contribution in [0.15, 0.2) is 18.2 Å². The molecule has 0 aromatic heterocycles. The van der Waals surface area contributed by atoms with Gasteiger partial charge in [-0.05, 0) is 70.7 Å². The molecule has 188 valence electrons. The Morgan fingerprint density at radius 2 is 1.79 bits per heavy atom. The van der Waals surface area contributed by atoms with Crippen molar-refractivity contribution in [2.45, 2.75) is 85.5 Å². The summed E-state index contributed by atoms with van der Waals surface area (Å²) in [5, 5.41) is 24.9. The number of nitrogens with one attached hydrogen (secondary N) is 2. The molecule has 3 atom stereocenters. The number of benzene rings is 1. The van der Waals surface area contributed by atoms with Crippen LogP contribution in [0.25, 0.3) is 0 Å². The number of rotatable bonds is 9. The Morgan fingerprint density at radius 3 is 2.26 bits per heavy atom. The summed E-state index contributed by atoms with van der Waals surface area (Å²) in [6, 6.07) is 4.21. The number of alkyl carbamates (subject to hydrolysis) is 1. The van der Waals surface area contributed by atoms with E-state index in [9.17, 15) is 24.8 Å². The van der Waals surface area contributed by atoms with Crippen LogP contribution in [-0.2, 0) is 14.3 Å². The van der Waals surface area contributed by atoms with Crippen molar-refractivity contribution in [3.63, 3.8) is 0 Å². The fourth-order valence-corrected chi connectivity index (χ4v) is 3.35. The number of carbonyl (C=O) groups excluding carboxylic acids is 3. The summed E-state index contributed by atoms with van der Waals surface area (Å²) < 4.78 is 5.33. The fourth-order valence-electron chi connectivity index (χ4n) is 3.35. The molecule has 9 nitrogen and oxygen atoms in total. The SMILES string of the molecule is CCC(C)C(NC(=O)OC(C)(C)C)C(=O)N(CC#N)C(C(=O)NC(C)C)c1ccc(O)c(C)c1. The van der Waals surface area contributed by atoms with Crippen molar-refractivity contribution < 1.29 is 24.2 Å². The molecule has 0 radical (unpaired) electrons. The molecule has 1 rings (SSSR count). The first-order chi connectivity index (χ1) is 15.7. The predicted octanol–water partition coefficient (Wildman–Crippen LogP) is 3.56. The molecule has 34 heavy (non-hydrogen) atoms. The van der Waals surface area contributed by atoms with Gasteiger partial charge in [0.05, 0.1) is 6.07 Å². The van der Waals surface area contributed by atoms with Gasteiger partial charge in [0.15, 0.2) is 0 Å². The van der Waals surface area contributed by atoms with Gasteiger partial charge in [-0.25, -0.2) is 4.79 Å². The second-order valence-corrected chi connectivity index (χ2v) is 9.75. The van der Waals surface area contributed by atoms with E-state index >= 15 is 0 Å². The van der Waals surface area contributed by atoms with Crippen LogP contribution in [0.2, 0.25) is 0 Å². The highest BCUT2D eigenvalue weighted by atomic mass is 16.6. The van der Waals surface area contributed by atoms with Crippen molar-refractivity contribution in [1.82, 2.24) is 15.5 Å². The van der Waals surface area contributed by atoms with Crippen LogP contribution in [0.3, 0.4) is 0 Å². The van der Waals surface area contributed by atoms with Gasteiger partial charge in [0.25, 0.3) is 0 Å². The summed E-state index contributed by atoms with van der Waals surface area (Å²) in [6.07, 6.45) is -0.194. The summed E-state index contributed by atoms with van der Waals surface area (Å²) in [5.41, 5.74) is 0.203. The molecule has 1 aromatic rings. The zero-order chi connectivity index (χ0) is 26.2. The average Bonchev–Trinajstić information content (AvgIpc) is 2.71. The minimum absolute atomic E-state index is 0.0500. The average molecular weight is 475 g/mol. The molecule has 0 aliphatic rings. The molecule has 0 aliphatic carbocycles. The smallest absolute Gasteiger partial charge is 0.408 e.